The van der Waals surface area contributed by atoms with Crippen LogP contribution in [0.25, 0.3) is 0 Å². The van der Waals surface area contributed by atoms with Crippen LogP contribution in [0.3, 0.4) is 0 Å². The van der Waals surface area contributed by atoms with Gasteiger partial charge in [0, 0.05) is 11.1 Å². The van der Waals surface area contributed by atoms with E-state index < -0.39 is 17.6 Å². The van der Waals surface area contributed by atoms with Crippen LogP contribution in [-0.2, 0) is 4.79 Å². The third-order valence-corrected chi connectivity index (χ3v) is 4.29. The number of hydrogen-bond donors (Lipinski definition) is 2. The molecule has 2 N–H and O–H groups in total. The maximum atomic E-state index is 13.7. The van der Waals surface area contributed by atoms with Gasteiger partial charge in [0.15, 0.2) is 11.5 Å². The lowest BCUT2D eigenvalue weighted by atomic mass is 10.1. The second kappa shape index (κ2) is 12.5. The first kappa shape index (κ1) is 24.9. The van der Waals surface area contributed by atoms with Crippen LogP contribution in [0.15, 0.2) is 35.4 Å². The molecule has 0 atom stereocenters. The lowest BCUT2D eigenvalue weighted by Crippen LogP contribution is -2.35. The fourth-order valence-electron chi connectivity index (χ4n) is 2.62. The molecule has 0 heterocycles. The number of rotatable bonds is 11. The Morgan fingerprint density at radius 2 is 1.69 bits per heavy atom. The second-order valence-electron chi connectivity index (χ2n) is 6.21. The predicted molar refractivity (Wildman–Crippen MR) is 119 cm³/mol. The lowest BCUT2D eigenvalue weighted by Gasteiger charge is -2.17. The molecule has 0 fully saturated rings. The summed E-state index contributed by atoms with van der Waals surface area (Å²) in [5.41, 5.74) is 2.48. The van der Waals surface area contributed by atoms with Crippen molar-refractivity contribution in [1.29, 1.82) is 0 Å². The number of carbonyl (C=O) groups is 2. The molecule has 0 radical (unpaired) electrons. The molecule has 32 heavy (non-hydrogen) atoms. The molecule has 2 aromatic carbocycles. The third kappa shape index (κ3) is 6.84. The second-order valence-corrected chi connectivity index (χ2v) is 6.62. The van der Waals surface area contributed by atoms with E-state index in [4.69, 9.17) is 25.8 Å². The maximum absolute atomic E-state index is 13.7. The van der Waals surface area contributed by atoms with Crippen LogP contribution < -0.4 is 25.0 Å². The number of amides is 2. The van der Waals surface area contributed by atoms with Crippen molar-refractivity contribution >= 4 is 29.6 Å². The largest absolute Gasteiger partial charge is 0.490 e. The molecule has 0 bridgehead atoms. The summed E-state index contributed by atoms with van der Waals surface area (Å²) in [5, 5.41) is 6.30. The van der Waals surface area contributed by atoms with E-state index in [-0.39, 0.29) is 22.7 Å². The number of carbonyl (C=O) groups excluding carboxylic acids is 2. The van der Waals surface area contributed by atoms with E-state index in [0.29, 0.717) is 37.1 Å². The molecule has 0 unspecified atom stereocenters. The first-order chi connectivity index (χ1) is 15.4. The summed E-state index contributed by atoms with van der Waals surface area (Å²) in [6, 6.07) is 7.21. The summed E-state index contributed by atoms with van der Waals surface area (Å²) in [6.45, 7) is 6.21. The molecule has 2 aromatic rings. The number of benzene rings is 2. The summed E-state index contributed by atoms with van der Waals surface area (Å²) in [5.74, 6) is -0.571. The smallest absolute Gasteiger partial charge is 0.259 e. The number of hydrazone groups is 1. The van der Waals surface area contributed by atoms with Gasteiger partial charge in [0.25, 0.3) is 11.8 Å². The average Bonchev–Trinajstić information content (AvgIpc) is 2.76. The molecule has 0 spiro atoms. The highest BCUT2D eigenvalue weighted by Crippen LogP contribution is 2.39. The quantitative estimate of drug-likeness (QED) is 0.390. The van der Waals surface area contributed by atoms with E-state index >= 15 is 0 Å². The first-order valence-corrected chi connectivity index (χ1v) is 10.4. The van der Waals surface area contributed by atoms with Gasteiger partial charge >= 0.3 is 0 Å². The third-order valence-electron chi connectivity index (χ3n) is 3.96. The molecular formula is C22H25ClFN3O5. The minimum Gasteiger partial charge on any atom is -0.490 e. The first-order valence-electron chi connectivity index (χ1n) is 10.0. The summed E-state index contributed by atoms with van der Waals surface area (Å²) in [7, 11) is 0. The van der Waals surface area contributed by atoms with Crippen molar-refractivity contribution in [3.05, 3.63) is 52.3 Å². The zero-order valence-electron chi connectivity index (χ0n) is 18.0. The van der Waals surface area contributed by atoms with Crippen molar-refractivity contribution in [3.8, 4) is 17.2 Å². The van der Waals surface area contributed by atoms with Gasteiger partial charge in [0.2, 0.25) is 5.75 Å². The maximum Gasteiger partial charge on any atom is 0.259 e. The van der Waals surface area contributed by atoms with Gasteiger partial charge in [-0.3, -0.25) is 9.59 Å². The molecule has 8 nitrogen and oxygen atoms in total. The van der Waals surface area contributed by atoms with Crippen LogP contribution in [-0.4, -0.2) is 44.4 Å². The predicted octanol–water partition coefficient (Wildman–Crippen LogP) is 3.56. The van der Waals surface area contributed by atoms with Gasteiger partial charge in [0.05, 0.1) is 37.6 Å². The SMILES string of the molecule is CCOc1cc(C(=O)NCC(=O)N/N=C/c2c(F)cccc2Cl)cc(OCC)c1OCC. The van der Waals surface area contributed by atoms with E-state index in [2.05, 4.69) is 15.8 Å². The highest BCUT2D eigenvalue weighted by molar-refractivity contribution is 6.33. The molecule has 10 heteroatoms. The Morgan fingerprint density at radius 1 is 1.06 bits per heavy atom. The fourth-order valence-corrected chi connectivity index (χ4v) is 2.84. The highest BCUT2D eigenvalue weighted by atomic mass is 35.5. The molecule has 0 aromatic heterocycles. The van der Waals surface area contributed by atoms with Crippen LogP contribution in [0, 0.1) is 5.82 Å². The van der Waals surface area contributed by atoms with Gasteiger partial charge in [-0.1, -0.05) is 17.7 Å². The molecular weight excluding hydrogens is 441 g/mol. The van der Waals surface area contributed by atoms with E-state index in [9.17, 15) is 14.0 Å². The van der Waals surface area contributed by atoms with Gasteiger partial charge in [-0.2, -0.15) is 5.10 Å². The van der Waals surface area contributed by atoms with E-state index in [1.54, 1.807) is 0 Å². The Kier molecular flexibility index (Phi) is 9.75. The van der Waals surface area contributed by atoms with Crippen molar-refractivity contribution in [2.45, 2.75) is 20.8 Å². The van der Waals surface area contributed by atoms with Crippen LogP contribution in [0.4, 0.5) is 4.39 Å². The lowest BCUT2D eigenvalue weighted by molar-refractivity contribution is -0.120. The molecule has 0 saturated carbocycles. The standard InChI is InChI=1S/C22H25ClFN3O5/c1-4-30-18-10-14(11-19(31-5-2)21(18)32-6-3)22(29)25-13-20(28)27-26-12-15-16(23)8-7-9-17(15)24/h7-12H,4-6,13H2,1-3H3,(H,25,29)(H,27,28)/b26-12+. The Labute approximate surface area is 190 Å². The molecule has 2 amide bonds. The van der Waals surface area contributed by atoms with Crippen molar-refractivity contribution in [1.82, 2.24) is 10.7 Å². The van der Waals surface area contributed by atoms with Crippen molar-refractivity contribution < 1.29 is 28.2 Å². The van der Waals surface area contributed by atoms with Crippen LogP contribution in [0.5, 0.6) is 17.2 Å². The minimum absolute atomic E-state index is 0.0415. The zero-order valence-corrected chi connectivity index (χ0v) is 18.8. The molecule has 172 valence electrons. The normalized spacial score (nSPS) is 10.7. The fraction of sp³-hybridized carbons (Fsp3) is 0.318. The van der Waals surface area contributed by atoms with Crippen LogP contribution in [0.1, 0.15) is 36.7 Å². The van der Waals surface area contributed by atoms with E-state index in [0.717, 1.165) is 6.21 Å². The Hall–Kier alpha value is -3.33. The van der Waals surface area contributed by atoms with Crippen molar-refractivity contribution in [3.63, 3.8) is 0 Å². The number of ether oxygens (including phenoxy) is 3. The van der Waals surface area contributed by atoms with E-state index in [1.807, 2.05) is 20.8 Å². The average molecular weight is 466 g/mol. The number of halogens is 2. The number of nitrogens with zero attached hydrogens (tertiary/aromatic N) is 1. The van der Waals surface area contributed by atoms with Gasteiger partial charge in [-0.25, -0.2) is 9.82 Å². The van der Waals surface area contributed by atoms with Gasteiger partial charge in [0.1, 0.15) is 5.82 Å². The summed E-state index contributed by atoms with van der Waals surface area (Å²) in [6.07, 6.45) is 1.09. The summed E-state index contributed by atoms with van der Waals surface area (Å²) in [4.78, 5) is 24.5. The van der Waals surface area contributed by atoms with Crippen LogP contribution in [0.2, 0.25) is 5.02 Å². The Morgan fingerprint density at radius 3 is 2.25 bits per heavy atom. The van der Waals surface area contributed by atoms with E-state index in [1.165, 1.54) is 30.3 Å². The topological polar surface area (TPSA) is 98.2 Å². The van der Waals surface area contributed by atoms with Crippen LogP contribution >= 0.6 is 11.6 Å². The molecule has 0 saturated heterocycles. The van der Waals surface area contributed by atoms with Crippen molar-refractivity contribution in [2.24, 2.45) is 5.10 Å². The Balaban J connectivity index is 2.05. The monoisotopic (exact) mass is 465 g/mol. The molecule has 0 aliphatic rings. The minimum atomic E-state index is -0.608. The van der Waals surface area contributed by atoms with Gasteiger partial charge in [-0.15, -0.1) is 0 Å². The molecule has 2 rings (SSSR count). The van der Waals surface area contributed by atoms with Crippen molar-refractivity contribution in [2.75, 3.05) is 26.4 Å². The van der Waals surface area contributed by atoms with Gasteiger partial charge in [-0.05, 0) is 45.0 Å². The zero-order chi connectivity index (χ0) is 23.5. The molecule has 0 aliphatic heterocycles. The summed E-state index contributed by atoms with van der Waals surface area (Å²) < 4.78 is 30.5. The number of hydrogen-bond acceptors (Lipinski definition) is 6. The molecule has 0 aliphatic carbocycles. The Bertz CT molecular complexity index is 937. The summed E-state index contributed by atoms with van der Waals surface area (Å²) >= 11 is 5.89. The van der Waals surface area contributed by atoms with Gasteiger partial charge < -0.3 is 19.5 Å². The number of nitrogens with one attached hydrogen (secondary N) is 2. The highest BCUT2D eigenvalue weighted by Gasteiger charge is 2.18.